The van der Waals surface area contributed by atoms with E-state index in [1.165, 1.54) is 5.39 Å². The highest BCUT2D eigenvalue weighted by Crippen LogP contribution is 2.19. The monoisotopic (exact) mass is 284 g/mol. The van der Waals surface area contributed by atoms with E-state index in [4.69, 9.17) is 5.73 Å². The molecule has 0 saturated carbocycles. The molecule has 21 heavy (non-hydrogen) atoms. The minimum atomic E-state index is 0.172. The first-order chi connectivity index (χ1) is 10.3. The van der Waals surface area contributed by atoms with E-state index in [1.807, 2.05) is 29.2 Å². The molecule has 0 saturated heterocycles. The van der Waals surface area contributed by atoms with Gasteiger partial charge in [-0.05, 0) is 22.8 Å². The van der Waals surface area contributed by atoms with Crippen molar-refractivity contribution >= 4 is 16.7 Å². The number of unbranched alkanes of at least 4 members (excludes halogenated alkanes) is 1. The van der Waals surface area contributed by atoms with Gasteiger partial charge in [-0.1, -0.05) is 55.8 Å². The van der Waals surface area contributed by atoms with Crippen molar-refractivity contribution in [2.45, 2.75) is 26.2 Å². The molecule has 0 aliphatic carbocycles. The quantitative estimate of drug-likeness (QED) is 0.849. The number of nitrogens with two attached hydrogens (primary N) is 1. The molecule has 3 heteroatoms. The second kappa shape index (κ2) is 7.79. The number of hydrogen-bond donors (Lipinski definition) is 1. The first kappa shape index (κ1) is 15.5. The van der Waals surface area contributed by atoms with Crippen molar-refractivity contribution in [2.75, 3.05) is 19.6 Å². The Morgan fingerprint density at radius 1 is 1.10 bits per heavy atom. The van der Waals surface area contributed by atoms with Gasteiger partial charge in [0.25, 0.3) is 0 Å². The zero-order valence-electron chi connectivity index (χ0n) is 12.7. The third kappa shape index (κ3) is 4.05. The van der Waals surface area contributed by atoms with Crippen LogP contribution in [0.4, 0.5) is 0 Å². The van der Waals surface area contributed by atoms with Gasteiger partial charge in [0, 0.05) is 19.6 Å². The van der Waals surface area contributed by atoms with E-state index in [0.29, 0.717) is 19.5 Å². The number of carbonyl (C=O) groups is 1. The first-order valence-corrected chi connectivity index (χ1v) is 7.70. The average molecular weight is 284 g/mol. The Bertz CT molecular complexity index is 589. The lowest BCUT2D eigenvalue weighted by Crippen LogP contribution is -2.37. The van der Waals surface area contributed by atoms with Gasteiger partial charge in [0.2, 0.25) is 5.91 Å². The van der Waals surface area contributed by atoms with Crippen molar-refractivity contribution in [3.63, 3.8) is 0 Å². The summed E-state index contributed by atoms with van der Waals surface area (Å²) < 4.78 is 0. The highest BCUT2D eigenvalue weighted by atomic mass is 16.2. The number of hydrogen-bond acceptors (Lipinski definition) is 2. The van der Waals surface area contributed by atoms with Crippen molar-refractivity contribution in [3.8, 4) is 0 Å². The number of benzene rings is 2. The van der Waals surface area contributed by atoms with Crippen LogP contribution >= 0.6 is 0 Å². The van der Waals surface area contributed by atoms with Crippen molar-refractivity contribution in [2.24, 2.45) is 5.73 Å². The minimum absolute atomic E-state index is 0.172. The predicted molar refractivity (Wildman–Crippen MR) is 88.2 cm³/mol. The van der Waals surface area contributed by atoms with E-state index in [9.17, 15) is 4.79 Å². The molecule has 0 aliphatic heterocycles. The number of amides is 1. The summed E-state index contributed by atoms with van der Waals surface area (Å²) in [5.41, 5.74) is 6.72. The van der Waals surface area contributed by atoms with Crippen molar-refractivity contribution in [3.05, 3.63) is 48.0 Å². The van der Waals surface area contributed by atoms with Crippen LogP contribution in [0.2, 0.25) is 0 Å². The zero-order chi connectivity index (χ0) is 15.1. The summed E-state index contributed by atoms with van der Waals surface area (Å²) in [5.74, 6) is 0.172. The van der Waals surface area contributed by atoms with Gasteiger partial charge in [0.1, 0.15) is 0 Å². The van der Waals surface area contributed by atoms with E-state index in [1.54, 1.807) is 0 Å². The number of nitrogens with zero attached hydrogens (tertiary/aromatic N) is 1. The topological polar surface area (TPSA) is 46.3 Å². The second-order valence-electron chi connectivity index (χ2n) is 5.34. The number of rotatable bonds is 7. The van der Waals surface area contributed by atoms with Crippen LogP contribution in [0.5, 0.6) is 0 Å². The highest BCUT2D eigenvalue weighted by molar-refractivity contribution is 5.90. The normalized spacial score (nSPS) is 10.8. The molecule has 0 atom stereocenters. The lowest BCUT2D eigenvalue weighted by atomic mass is 10.0. The maximum Gasteiger partial charge on any atom is 0.227 e. The summed E-state index contributed by atoms with van der Waals surface area (Å²) in [6.45, 7) is 4.10. The third-order valence-electron chi connectivity index (χ3n) is 3.75. The summed E-state index contributed by atoms with van der Waals surface area (Å²) in [5, 5.41) is 2.35. The van der Waals surface area contributed by atoms with Gasteiger partial charge in [-0.2, -0.15) is 0 Å². The maximum atomic E-state index is 12.5. The van der Waals surface area contributed by atoms with E-state index in [-0.39, 0.29) is 5.91 Å². The fraction of sp³-hybridized carbons (Fsp3) is 0.389. The van der Waals surface area contributed by atoms with Gasteiger partial charge < -0.3 is 10.6 Å². The second-order valence-corrected chi connectivity index (χ2v) is 5.34. The molecular weight excluding hydrogens is 260 g/mol. The molecule has 0 aromatic heterocycles. The summed E-state index contributed by atoms with van der Waals surface area (Å²) in [4.78, 5) is 14.4. The average Bonchev–Trinajstić information content (AvgIpc) is 2.51. The zero-order valence-corrected chi connectivity index (χ0v) is 12.7. The van der Waals surface area contributed by atoms with Crippen LogP contribution in [0.1, 0.15) is 25.3 Å². The van der Waals surface area contributed by atoms with Gasteiger partial charge in [-0.15, -0.1) is 0 Å². The van der Waals surface area contributed by atoms with Crippen molar-refractivity contribution in [1.29, 1.82) is 0 Å². The van der Waals surface area contributed by atoms with Crippen LogP contribution in [0.3, 0.4) is 0 Å². The first-order valence-electron chi connectivity index (χ1n) is 7.70. The summed E-state index contributed by atoms with van der Waals surface area (Å²) in [6.07, 6.45) is 2.56. The van der Waals surface area contributed by atoms with E-state index in [0.717, 1.165) is 30.3 Å². The lowest BCUT2D eigenvalue weighted by molar-refractivity contribution is -0.130. The van der Waals surface area contributed by atoms with Gasteiger partial charge in [0.15, 0.2) is 0 Å². The SMILES string of the molecule is CCCCN(CCN)C(=O)Cc1cccc2ccccc12. The molecule has 0 unspecified atom stereocenters. The van der Waals surface area contributed by atoms with Crippen molar-refractivity contribution < 1.29 is 4.79 Å². The summed E-state index contributed by atoms with van der Waals surface area (Å²) in [6, 6.07) is 14.3. The largest absolute Gasteiger partial charge is 0.341 e. The van der Waals surface area contributed by atoms with E-state index in [2.05, 4.69) is 25.1 Å². The van der Waals surface area contributed by atoms with E-state index >= 15 is 0 Å². The molecule has 0 radical (unpaired) electrons. The molecule has 2 N–H and O–H groups in total. The molecular formula is C18H24N2O. The van der Waals surface area contributed by atoms with Crippen LogP contribution < -0.4 is 5.73 Å². The number of fused-ring (bicyclic) bond motifs is 1. The lowest BCUT2D eigenvalue weighted by Gasteiger charge is -2.22. The van der Waals surface area contributed by atoms with E-state index < -0.39 is 0 Å². The van der Waals surface area contributed by atoms with Crippen LogP contribution in [0.15, 0.2) is 42.5 Å². The minimum Gasteiger partial charge on any atom is -0.341 e. The Kier molecular flexibility index (Phi) is 5.76. The predicted octanol–water partition coefficient (Wildman–Crippen LogP) is 2.97. The Labute approximate surface area is 126 Å². The molecule has 2 aromatic carbocycles. The van der Waals surface area contributed by atoms with Gasteiger partial charge >= 0.3 is 0 Å². The van der Waals surface area contributed by atoms with Gasteiger partial charge in [-0.25, -0.2) is 0 Å². The summed E-state index contributed by atoms with van der Waals surface area (Å²) >= 11 is 0. The molecule has 112 valence electrons. The molecule has 1 amide bonds. The Hall–Kier alpha value is -1.87. The Morgan fingerprint density at radius 2 is 1.86 bits per heavy atom. The Balaban J connectivity index is 2.16. The smallest absolute Gasteiger partial charge is 0.227 e. The maximum absolute atomic E-state index is 12.5. The highest BCUT2D eigenvalue weighted by Gasteiger charge is 2.14. The van der Waals surface area contributed by atoms with Crippen molar-refractivity contribution in [1.82, 2.24) is 4.90 Å². The molecule has 0 bridgehead atoms. The molecule has 2 rings (SSSR count). The number of carbonyl (C=O) groups excluding carboxylic acids is 1. The fourth-order valence-corrected chi connectivity index (χ4v) is 2.59. The summed E-state index contributed by atoms with van der Waals surface area (Å²) in [7, 11) is 0. The third-order valence-corrected chi connectivity index (χ3v) is 3.75. The molecule has 0 heterocycles. The molecule has 0 aliphatic rings. The fourth-order valence-electron chi connectivity index (χ4n) is 2.59. The van der Waals surface area contributed by atoms with Crippen LogP contribution in [-0.4, -0.2) is 30.4 Å². The van der Waals surface area contributed by atoms with Crippen LogP contribution in [0, 0.1) is 0 Å². The molecule has 2 aromatic rings. The van der Waals surface area contributed by atoms with Crippen LogP contribution in [0.25, 0.3) is 10.8 Å². The molecule has 0 fully saturated rings. The standard InChI is InChI=1S/C18H24N2O/c1-2-3-12-20(13-11-19)18(21)14-16-9-6-8-15-7-4-5-10-17(15)16/h4-10H,2-3,11-14,19H2,1H3. The molecule has 0 spiro atoms. The Morgan fingerprint density at radius 3 is 2.62 bits per heavy atom. The van der Waals surface area contributed by atoms with Gasteiger partial charge in [-0.3, -0.25) is 4.79 Å². The van der Waals surface area contributed by atoms with Crippen LogP contribution in [-0.2, 0) is 11.2 Å². The molecule has 3 nitrogen and oxygen atoms in total. The van der Waals surface area contributed by atoms with Gasteiger partial charge in [0.05, 0.1) is 6.42 Å².